The van der Waals surface area contributed by atoms with Crippen molar-refractivity contribution in [2.24, 2.45) is 5.92 Å². The predicted octanol–water partition coefficient (Wildman–Crippen LogP) is 5.03. The first-order valence-corrected chi connectivity index (χ1v) is 12.2. The minimum atomic E-state index is 0.144. The van der Waals surface area contributed by atoms with Gasteiger partial charge in [0.2, 0.25) is 11.1 Å². The number of fused-ring (bicyclic) bond motifs is 3. The molecule has 8 heteroatoms. The van der Waals surface area contributed by atoms with Gasteiger partial charge < -0.3 is 9.47 Å². The summed E-state index contributed by atoms with van der Waals surface area (Å²) in [6.07, 6.45) is 2.15. The lowest BCUT2D eigenvalue weighted by atomic mass is 9.99. The van der Waals surface area contributed by atoms with Crippen molar-refractivity contribution >= 4 is 51.3 Å². The lowest BCUT2D eigenvalue weighted by molar-refractivity contribution is -0.129. The lowest BCUT2D eigenvalue weighted by Gasteiger charge is -2.30. The summed E-state index contributed by atoms with van der Waals surface area (Å²) < 4.78 is 2.14. The molecule has 1 aliphatic rings. The Morgan fingerprint density at radius 2 is 1.94 bits per heavy atom. The Hall–Kier alpha value is -2.64. The number of amides is 1. The molecule has 2 aromatic heterocycles. The van der Waals surface area contributed by atoms with Crippen LogP contribution in [0.4, 0.5) is 0 Å². The lowest BCUT2D eigenvalue weighted by Crippen LogP contribution is -2.38. The molecular formula is C24H24ClN5OS. The van der Waals surface area contributed by atoms with Crippen LogP contribution in [0.5, 0.6) is 0 Å². The number of hydrogen-bond donors (Lipinski definition) is 0. The van der Waals surface area contributed by atoms with E-state index in [0.717, 1.165) is 53.6 Å². The third-order valence-corrected chi connectivity index (χ3v) is 7.10. The summed E-state index contributed by atoms with van der Waals surface area (Å²) in [5.41, 5.74) is 3.67. The fourth-order valence-electron chi connectivity index (χ4n) is 4.20. The number of nitrogens with zero attached hydrogens (tertiary/aromatic N) is 5. The largest absolute Gasteiger partial charge is 0.342 e. The van der Waals surface area contributed by atoms with Crippen LogP contribution in [-0.2, 0) is 11.3 Å². The van der Waals surface area contributed by atoms with Crippen LogP contribution in [0.3, 0.4) is 0 Å². The third-order valence-electron chi connectivity index (χ3n) is 6.05. The van der Waals surface area contributed by atoms with Crippen molar-refractivity contribution in [1.82, 2.24) is 24.6 Å². The average molecular weight is 466 g/mol. The quantitative estimate of drug-likeness (QED) is 0.387. The number of hydrogen-bond acceptors (Lipinski definition) is 5. The predicted molar refractivity (Wildman–Crippen MR) is 129 cm³/mol. The van der Waals surface area contributed by atoms with Gasteiger partial charge in [0.15, 0.2) is 5.65 Å². The maximum absolute atomic E-state index is 12.6. The summed E-state index contributed by atoms with van der Waals surface area (Å²) in [4.78, 5) is 19.4. The fraction of sp³-hybridized carbons (Fsp3) is 0.333. The Bertz CT molecular complexity index is 1280. The van der Waals surface area contributed by atoms with Gasteiger partial charge in [-0.15, -0.1) is 10.2 Å². The number of thioether (sulfide) groups is 1. The van der Waals surface area contributed by atoms with E-state index in [1.54, 1.807) is 0 Å². The van der Waals surface area contributed by atoms with Crippen LogP contribution in [0.15, 0.2) is 53.7 Å². The van der Waals surface area contributed by atoms with Crippen LogP contribution in [0, 0.1) is 5.92 Å². The van der Waals surface area contributed by atoms with E-state index < -0.39 is 0 Å². The van der Waals surface area contributed by atoms with E-state index in [1.165, 1.54) is 11.8 Å². The van der Waals surface area contributed by atoms with Gasteiger partial charge in [0.05, 0.1) is 11.3 Å². The van der Waals surface area contributed by atoms with Crippen molar-refractivity contribution in [3.8, 4) is 0 Å². The van der Waals surface area contributed by atoms with Crippen molar-refractivity contribution < 1.29 is 4.79 Å². The Morgan fingerprint density at radius 3 is 2.75 bits per heavy atom. The van der Waals surface area contributed by atoms with Gasteiger partial charge in [0.25, 0.3) is 0 Å². The zero-order chi connectivity index (χ0) is 22.1. The van der Waals surface area contributed by atoms with Crippen molar-refractivity contribution in [1.29, 1.82) is 0 Å². The van der Waals surface area contributed by atoms with E-state index in [-0.39, 0.29) is 5.91 Å². The Balaban J connectivity index is 1.43. The summed E-state index contributed by atoms with van der Waals surface area (Å²) in [6.45, 7) is 4.55. The van der Waals surface area contributed by atoms with Crippen molar-refractivity contribution in [2.75, 3.05) is 18.8 Å². The summed E-state index contributed by atoms with van der Waals surface area (Å²) in [5.74, 6) is 1.17. The molecule has 0 aliphatic carbocycles. The molecule has 32 heavy (non-hydrogen) atoms. The molecule has 5 rings (SSSR count). The highest BCUT2D eigenvalue weighted by molar-refractivity contribution is 7.99. The summed E-state index contributed by atoms with van der Waals surface area (Å²) in [7, 11) is 0. The fourth-order valence-corrected chi connectivity index (χ4v) is 5.10. The molecule has 1 aliphatic heterocycles. The molecule has 6 nitrogen and oxygen atoms in total. The van der Waals surface area contributed by atoms with E-state index in [4.69, 9.17) is 16.6 Å². The summed E-state index contributed by atoms with van der Waals surface area (Å²) in [6, 6.07) is 15.9. The topological polar surface area (TPSA) is 63.9 Å². The first-order chi connectivity index (χ1) is 15.6. The zero-order valence-corrected chi connectivity index (χ0v) is 19.4. The molecule has 4 aromatic rings. The van der Waals surface area contributed by atoms with Crippen molar-refractivity contribution in [2.45, 2.75) is 31.5 Å². The second kappa shape index (κ2) is 9.08. The van der Waals surface area contributed by atoms with Gasteiger partial charge in [0.1, 0.15) is 5.52 Å². The maximum Gasteiger partial charge on any atom is 0.233 e. The number of piperidine rings is 1. The van der Waals surface area contributed by atoms with Gasteiger partial charge in [-0.1, -0.05) is 60.6 Å². The van der Waals surface area contributed by atoms with Crippen LogP contribution in [0.2, 0.25) is 5.02 Å². The highest BCUT2D eigenvalue weighted by atomic mass is 35.5. The molecule has 2 aromatic carbocycles. The molecule has 0 spiro atoms. The van der Waals surface area contributed by atoms with Gasteiger partial charge in [0, 0.05) is 30.0 Å². The molecule has 1 saturated heterocycles. The zero-order valence-electron chi connectivity index (χ0n) is 17.9. The molecule has 0 radical (unpaired) electrons. The average Bonchev–Trinajstić information content (AvgIpc) is 3.11. The molecule has 0 bridgehead atoms. The van der Waals surface area contributed by atoms with E-state index >= 15 is 0 Å². The highest BCUT2D eigenvalue weighted by Gasteiger charge is 2.21. The molecule has 1 amide bonds. The number of benzene rings is 2. The maximum atomic E-state index is 12.6. The third kappa shape index (κ3) is 4.32. The summed E-state index contributed by atoms with van der Waals surface area (Å²) in [5, 5.41) is 11.0. The van der Waals surface area contributed by atoms with Crippen LogP contribution in [0.1, 0.15) is 25.3 Å². The monoisotopic (exact) mass is 465 g/mol. The van der Waals surface area contributed by atoms with Crippen molar-refractivity contribution in [3.63, 3.8) is 0 Å². The second-order valence-corrected chi connectivity index (χ2v) is 9.73. The molecule has 3 heterocycles. The van der Waals surface area contributed by atoms with Crippen LogP contribution < -0.4 is 0 Å². The first kappa shape index (κ1) is 21.2. The minimum absolute atomic E-state index is 0.144. The molecular weight excluding hydrogens is 442 g/mol. The number of aromatic nitrogens is 4. The number of carbonyl (C=O) groups excluding carboxylic acids is 1. The Labute approximate surface area is 196 Å². The first-order valence-electron chi connectivity index (χ1n) is 10.8. The smallest absolute Gasteiger partial charge is 0.233 e. The second-order valence-electron chi connectivity index (χ2n) is 8.35. The van der Waals surface area contributed by atoms with E-state index in [2.05, 4.69) is 33.8 Å². The van der Waals surface area contributed by atoms with Gasteiger partial charge in [-0.25, -0.2) is 4.98 Å². The molecule has 0 unspecified atom stereocenters. The highest BCUT2D eigenvalue weighted by Crippen LogP contribution is 2.28. The summed E-state index contributed by atoms with van der Waals surface area (Å²) >= 11 is 7.56. The van der Waals surface area contributed by atoms with Gasteiger partial charge in [-0.05, 0) is 42.5 Å². The number of likely N-dealkylation sites (tertiary alicyclic amines) is 1. The number of rotatable bonds is 5. The van der Waals surface area contributed by atoms with E-state index in [1.807, 2.05) is 41.3 Å². The molecule has 0 saturated carbocycles. The van der Waals surface area contributed by atoms with E-state index in [0.29, 0.717) is 28.4 Å². The molecule has 164 valence electrons. The van der Waals surface area contributed by atoms with Crippen LogP contribution in [-0.4, -0.2) is 49.4 Å². The molecule has 1 fully saturated rings. The van der Waals surface area contributed by atoms with Crippen LogP contribution >= 0.6 is 23.4 Å². The minimum Gasteiger partial charge on any atom is -0.342 e. The number of carbonyl (C=O) groups is 1. The Morgan fingerprint density at radius 1 is 1.12 bits per heavy atom. The number of para-hydroxylation sites is 1. The normalized spacial score (nSPS) is 15.0. The van der Waals surface area contributed by atoms with Gasteiger partial charge in [-0.3, -0.25) is 4.79 Å². The van der Waals surface area contributed by atoms with E-state index in [9.17, 15) is 4.79 Å². The number of halogens is 1. The van der Waals surface area contributed by atoms with Crippen molar-refractivity contribution in [3.05, 3.63) is 59.1 Å². The van der Waals surface area contributed by atoms with Crippen LogP contribution in [0.25, 0.3) is 22.1 Å². The standard InChI is InChI=1S/C24H24ClN5OS/c1-16-9-11-29(12-10-16)21(31)15-32-24-26-23-22(27-28-24)19-7-2-3-8-20(19)30(23)14-17-5-4-6-18(25)13-17/h2-8,13,16H,9-12,14-15H2,1H3. The Kier molecular flexibility index (Phi) is 6.02. The van der Waals surface area contributed by atoms with Gasteiger partial charge >= 0.3 is 0 Å². The SMILES string of the molecule is CC1CCN(C(=O)CSc2nnc3c4ccccc4n(Cc4cccc(Cl)c4)c3n2)CC1. The molecule has 0 N–H and O–H groups in total. The molecule has 0 atom stereocenters. The van der Waals surface area contributed by atoms with Gasteiger partial charge in [-0.2, -0.15) is 0 Å².